The molecule has 2 aromatic heterocycles. The predicted octanol–water partition coefficient (Wildman–Crippen LogP) is 1.84. The van der Waals surface area contributed by atoms with Crippen LogP contribution in [-0.2, 0) is 0 Å². The van der Waals surface area contributed by atoms with Crippen LogP contribution < -0.4 is 16.1 Å². The number of para-hydroxylation sites is 1. The first kappa shape index (κ1) is 13.4. The van der Waals surface area contributed by atoms with E-state index in [1.807, 2.05) is 72.9 Å². The van der Waals surface area contributed by atoms with Gasteiger partial charge in [0.1, 0.15) is 0 Å². The Morgan fingerprint density at radius 3 is 2.48 bits per heavy atom. The quantitative estimate of drug-likeness (QED) is 0.520. The van der Waals surface area contributed by atoms with Crippen molar-refractivity contribution in [3.05, 3.63) is 92.8 Å². The van der Waals surface area contributed by atoms with E-state index in [0.717, 1.165) is 27.4 Å². The Labute approximate surface area is 131 Å². The maximum atomic E-state index is 12.1. The summed E-state index contributed by atoms with van der Waals surface area (Å²) in [6, 6.07) is 18.0. The average molecular weight is 301 g/mol. The van der Waals surface area contributed by atoms with Crippen molar-refractivity contribution in [3.63, 3.8) is 0 Å². The van der Waals surface area contributed by atoms with Crippen molar-refractivity contribution in [2.24, 2.45) is 0 Å². The summed E-state index contributed by atoms with van der Waals surface area (Å²) in [5.74, 6) is 0. The van der Waals surface area contributed by atoms with Gasteiger partial charge in [-0.15, -0.1) is 0 Å². The van der Waals surface area contributed by atoms with Crippen LogP contribution in [0.1, 0.15) is 11.1 Å². The minimum absolute atomic E-state index is 0.127. The summed E-state index contributed by atoms with van der Waals surface area (Å²) in [5, 5.41) is 8.10. The molecule has 0 aliphatic rings. The lowest BCUT2D eigenvalue weighted by atomic mass is 10.1. The molecule has 0 fully saturated rings. The van der Waals surface area contributed by atoms with Crippen molar-refractivity contribution in [2.75, 3.05) is 0 Å². The molecule has 0 unspecified atom stereocenters. The number of hydrogen-bond donors (Lipinski definition) is 3. The molecular weight excluding hydrogens is 286 g/mol. The molecule has 4 rings (SSSR count). The lowest BCUT2D eigenvalue weighted by molar-refractivity contribution is 1.03. The number of hydrogen-bond acceptors (Lipinski definition) is 1. The third-order valence-corrected chi connectivity index (χ3v) is 3.88. The highest BCUT2D eigenvalue weighted by Crippen LogP contribution is 2.17. The van der Waals surface area contributed by atoms with E-state index in [9.17, 15) is 4.79 Å². The molecule has 0 saturated heterocycles. The summed E-state index contributed by atoms with van der Waals surface area (Å²) in [7, 11) is 0. The van der Waals surface area contributed by atoms with Crippen LogP contribution in [0.4, 0.5) is 0 Å². The second-order valence-corrected chi connectivity index (χ2v) is 5.40. The fourth-order valence-corrected chi connectivity index (χ4v) is 2.72. The highest BCUT2D eigenvalue weighted by Gasteiger charge is 2.02. The highest BCUT2D eigenvalue weighted by atomic mass is 16.1. The van der Waals surface area contributed by atoms with Crippen LogP contribution in [0.3, 0.4) is 0 Å². The minimum atomic E-state index is -0.127. The first-order valence-corrected chi connectivity index (χ1v) is 7.42. The molecule has 0 amide bonds. The summed E-state index contributed by atoms with van der Waals surface area (Å²) in [6.07, 6.45) is 5.78. The van der Waals surface area contributed by atoms with Gasteiger partial charge in [-0.2, -0.15) is 0 Å². The molecule has 112 valence electrons. The molecule has 23 heavy (non-hydrogen) atoms. The van der Waals surface area contributed by atoms with Gasteiger partial charge in [0.2, 0.25) is 0 Å². The molecule has 4 aromatic rings. The normalized spacial score (nSPS) is 13.0. The SMILES string of the molecule is O=c1[nH][nH]c(=Cc2ccccc2)c1=Cc1c[nH]c2ccccc12. The van der Waals surface area contributed by atoms with Gasteiger partial charge in [-0.05, 0) is 23.8 Å². The number of H-pyrrole nitrogens is 3. The molecular formula is C19H15N3O. The van der Waals surface area contributed by atoms with Gasteiger partial charge in [-0.3, -0.25) is 15.0 Å². The predicted molar refractivity (Wildman–Crippen MR) is 92.5 cm³/mol. The van der Waals surface area contributed by atoms with Crippen molar-refractivity contribution < 1.29 is 0 Å². The monoisotopic (exact) mass is 301 g/mol. The van der Waals surface area contributed by atoms with E-state index in [1.165, 1.54) is 0 Å². The summed E-state index contributed by atoms with van der Waals surface area (Å²) >= 11 is 0. The summed E-state index contributed by atoms with van der Waals surface area (Å²) in [5.41, 5.74) is 2.96. The molecule has 0 bridgehead atoms. The van der Waals surface area contributed by atoms with Crippen LogP contribution in [0.15, 0.2) is 65.6 Å². The Morgan fingerprint density at radius 2 is 1.61 bits per heavy atom. The number of nitrogens with one attached hydrogen (secondary N) is 3. The molecule has 0 aliphatic heterocycles. The van der Waals surface area contributed by atoms with E-state index < -0.39 is 0 Å². The van der Waals surface area contributed by atoms with E-state index in [1.54, 1.807) is 0 Å². The number of rotatable bonds is 2. The van der Waals surface area contributed by atoms with Gasteiger partial charge < -0.3 is 4.98 Å². The first-order valence-electron chi connectivity index (χ1n) is 7.42. The standard InChI is InChI=1S/C19H15N3O/c23-19-16(11-14-12-20-17-9-5-4-8-15(14)17)18(21-22-19)10-13-6-2-1-3-7-13/h1-12,20-21H,(H,22,23). The average Bonchev–Trinajstić information content (AvgIpc) is 3.15. The lowest BCUT2D eigenvalue weighted by Crippen LogP contribution is -2.33. The maximum absolute atomic E-state index is 12.1. The summed E-state index contributed by atoms with van der Waals surface area (Å²) < 4.78 is 0. The van der Waals surface area contributed by atoms with E-state index in [2.05, 4.69) is 15.2 Å². The molecule has 0 spiro atoms. The zero-order valence-corrected chi connectivity index (χ0v) is 12.3. The Balaban J connectivity index is 1.95. The van der Waals surface area contributed by atoms with Gasteiger partial charge in [-0.1, -0.05) is 48.5 Å². The zero-order chi connectivity index (χ0) is 15.6. The number of aromatic nitrogens is 3. The molecule has 4 nitrogen and oxygen atoms in total. The maximum Gasteiger partial charge on any atom is 0.271 e. The number of benzene rings is 2. The van der Waals surface area contributed by atoms with Crippen LogP contribution in [0.5, 0.6) is 0 Å². The molecule has 2 heterocycles. The fraction of sp³-hybridized carbons (Fsp3) is 0. The summed E-state index contributed by atoms with van der Waals surface area (Å²) in [4.78, 5) is 15.4. The molecule has 0 aliphatic carbocycles. The minimum Gasteiger partial charge on any atom is -0.361 e. The van der Waals surface area contributed by atoms with Crippen molar-refractivity contribution in [3.8, 4) is 0 Å². The number of aromatic amines is 3. The molecule has 3 N–H and O–H groups in total. The molecule has 2 aromatic carbocycles. The molecule has 4 heteroatoms. The molecule has 0 atom stereocenters. The third kappa shape index (κ3) is 2.51. The van der Waals surface area contributed by atoms with Crippen molar-refractivity contribution in [1.29, 1.82) is 0 Å². The van der Waals surface area contributed by atoms with Gasteiger partial charge in [0.15, 0.2) is 0 Å². The van der Waals surface area contributed by atoms with Gasteiger partial charge in [0.25, 0.3) is 5.56 Å². The van der Waals surface area contributed by atoms with Gasteiger partial charge in [0, 0.05) is 22.7 Å². The Hall–Kier alpha value is -3.27. The largest absolute Gasteiger partial charge is 0.361 e. The second kappa shape index (κ2) is 5.50. The van der Waals surface area contributed by atoms with E-state index in [0.29, 0.717) is 5.22 Å². The van der Waals surface area contributed by atoms with Crippen molar-refractivity contribution in [1.82, 2.24) is 15.2 Å². The zero-order valence-electron chi connectivity index (χ0n) is 12.3. The smallest absolute Gasteiger partial charge is 0.271 e. The van der Waals surface area contributed by atoms with Crippen LogP contribution >= 0.6 is 0 Å². The topological polar surface area (TPSA) is 64.4 Å². The molecule has 0 saturated carbocycles. The van der Waals surface area contributed by atoms with Crippen LogP contribution in [0.2, 0.25) is 0 Å². The Morgan fingerprint density at radius 1 is 0.826 bits per heavy atom. The molecule has 0 radical (unpaired) electrons. The Bertz CT molecular complexity index is 1130. The number of fused-ring (bicyclic) bond motifs is 1. The fourth-order valence-electron chi connectivity index (χ4n) is 2.72. The third-order valence-electron chi connectivity index (χ3n) is 3.88. The van der Waals surface area contributed by atoms with E-state index >= 15 is 0 Å². The van der Waals surface area contributed by atoms with Gasteiger partial charge in [-0.25, -0.2) is 0 Å². The van der Waals surface area contributed by atoms with Crippen molar-refractivity contribution in [2.45, 2.75) is 0 Å². The van der Waals surface area contributed by atoms with Crippen LogP contribution in [0.25, 0.3) is 23.1 Å². The van der Waals surface area contributed by atoms with Gasteiger partial charge in [0.05, 0.1) is 10.6 Å². The van der Waals surface area contributed by atoms with E-state index in [4.69, 9.17) is 0 Å². The van der Waals surface area contributed by atoms with Crippen molar-refractivity contribution >= 4 is 23.1 Å². The van der Waals surface area contributed by atoms with Crippen LogP contribution in [0, 0.1) is 0 Å². The Kier molecular flexibility index (Phi) is 3.20. The summed E-state index contributed by atoms with van der Waals surface area (Å²) in [6.45, 7) is 0. The highest BCUT2D eigenvalue weighted by molar-refractivity contribution is 5.88. The van der Waals surface area contributed by atoms with Gasteiger partial charge >= 0.3 is 0 Å². The van der Waals surface area contributed by atoms with Crippen LogP contribution in [-0.4, -0.2) is 15.2 Å². The second-order valence-electron chi connectivity index (χ2n) is 5.40. The van der Waals surface area contributed by atoms with E-state index in [-0.39, 0.29) is 5.56 Å². The first-order chi connectivity index (χ1) is 11.3. The lowest BCUT2D eigenvalue weighted by Gasteiger charge is -1.91.